The van der Waals surface area contributed by atoms with E-state index in [9.17, 15) is 9.90 Å². The molecule has 1 saturated heterocycles. The normalized spacial score (nSPS) is 19.6. The number of methoxy groups -OCH3 is 1. The van der Waals surface area contributed by atoms with Crippen molar-refractivity contribution in [1.29, 1.82) is 0 Å². The highest BCUT2D eigenvalue weighted by Gasteiger charge is 2.57. The number of nitrogens with zero attached hydrogens (tertiary/aromatic N) is 1. The number of rotatable bonds is 6. The monoisotopic (exact) mass is 307 g/mol. The Kier molecular flexibility index (Phi) is 5.21. The number of ether oxygens (including phenoxy) is 2. The zero-order valence-electron chi connectivity index (χ0n) is 13.5. The van der Waals surface area contributed by atoms with Crippen LogP contribution < -0.4 is 0 Å². The van der Waals surface area contributed by atoms with Crippen molar-refractivity contribution >= 4 is 5.97 Å². The van der Waals surface area contributed by atoms with Gasteiger partial charge in [-0.25, -0.2) is 4.79 Å². The lowest BCUT2D eigenvalue weighted by molar-refractivity contribution is -0.173. The van der Waals surface area contributed by atoms with Crippen LogP contribution in [0.2, 0.25) is 0 Å². The summed E-state index contributed by atoms with van der Waals surface area (Å²) in [6.45, 7) is 6.53. The number of hydrogen-bond donors (Lipinski definition) is 1. The highest BCUT2D eigenvalue weighted by Crippen LogP contribution is 2.45. The highest BCUT2D eigenvalue weighted by molar-refractivity contribution is 5.82. The van der Waals surface area contributed by atoms with Gasteiger partial charge in [0.25, 0.3) is 0 Å². The van der Waals surface area contributed by atoms with Crippen LogP contribution in [0.15, 0.2) is 30.3 Å². The van der Waals surface area contributed by atoms with Gasteiger partial charge in [-0.2, -0.15) is 0 Å². The summed E-state index contributed by atoms with van der Waals surface area (Å²) in [5, 5.41) is 10.3. The van der Waals surface area contributed by atoms with Crippen molar-refractivity contribution in [3.63, 3.8) is 0 Å². The molecule has 0 spiro atoms. The molecule has 0 amide bonds. The third-order valence-electron chi connectivity index (χ3n) is 4.47. The zero-order valence-corrected chi connectivity index (χ0v) is 13.5. The van der Waals surface area contributed by atoms with E-state index >= 15 is 0 Å². The topological polar surface area (TPSA) is 59.0 Å². The van der Waals surface area contributed by atoms with Gasteiger partial charge in [0, 0.05) is 25.6 Å². The van der Waals surface area contributed by atoms with Crippen molar-refractivity contribution in [1.82, 2.24) is 4.90 Å². The molecular weight excluding hydrogens is 282 g/mol. The lowest BCUT2D eigenvalue weighted by atomic mass is 9.67. The summed E-state index contributed by atoms with van der Waals surface area (Å²) in [5.74, 6) is -0.845. The predicted molar refractivity (Wildman–Crippen MR) is 83.8 cm³/mol. The summed E-state index contributed by atoms with van der Waals surface area (Å²) in [5.41, 5.74) is -0.966. The fraction of sp³-hybridized carbons (Fsp3) is 0.588. The van der Waals surface area contributed by atoms with Gasteiger partial charge in [-0.3, -0.25) is 4.90 Å². The maximum atomic E-state index is 12.5. The smallest absolute Gasteiger partial charge is 0.329 e. The van der Waals surface area contributed by atoms with Crippen LogP contribution in [0.1, 0.15) is 19.4 Å². The van der Waals surface area contributed by atoms with E-state index in [-0.39, 0.29) is 0 Å². The molecule has 1 aromatic rings. The van der Waals surface area contributed by atoms with Crippen molar-refractivity contribution in [2.24, 2.45) is 5.41 Å². The molecule has 0 radical (unpaired) electrons. The molecule has 1 aliphatic heterocycles. The molecule has 5 heteroatoms. The van der Waals surface area contributed by atoms with E-state index < -0.39 is 16.9 Å². The van der Waals surface area contributed by atoms with Crippen molar-refractivity contribution in [2.75, 3.05) is 40.0 Å². The summed E-state index contributed by atoms with van der Waals surface area (Å²) in [7, 11) is 1.61. The average Bonchev–Trinajstić information content (AvgIpc) is 2.49. The van der Waals surface area contributed by atoms with Gasteiger partial charge < -0.3 is 14.6 Å². The van der Waals surface area contributed by atoms with Gasteiger partial charge in [0.05, 0.1) is 19.8 Å². The first-order valence-electron chi connectivity index (χ1n) is 7.57. The Labute approximate surface area is 131 Å². The van der Waals surface area contributed by atoms with E-state index in [2.05, 4.69) is 0 Å². The Balaban J connectivity index is 2.61. The lowest BCUT2D eigenvalue weighted by Gasteiger charge is -2.51. The standard InChI is InChI=1S/C17H25NO4/c1-16(2,13-21-3)17(15(19)20,14-7-5-4-6-8-14)18-9-11-22-12-10-18/h4-8H,9-13H2,1-3H3,(H,19,20). The van der Waals surface area contributed by atoms with Crippen LogP contribution in [0.5, 0.6) is 0 Å². The molecule has 2 rings (SSSR count). The van der Waals surface area contributed by atoms with Crippen LogP contribution in [0.4, 0.5) is 0 Å². The Morgan fingerprint density at radius 3 is 2.36 bits per heavy atom. The molecule has 0 saturated carbocycles. The average molecular weight is 307 g/mol. The number of benzene rings is 1. The SMILES string of the molecule is COCC(C)(C)C(C(=O)O)(c1ccccc1)N1CCOCC1. The quantitative estimate of drug-likeness (QED) is 0.871. The van der Waals surface area contributed by atoms with Crippen LogP contribution in [-0.4, -0.2) is 56.0 Å². The van der Waals surface area contributed by atoms with Gasteiger partial charge in [-0.1, -0.05) is 44.2 Å². The van der Waals surface area contributed by atoms with Crippen molar-refractivity contribution < 1.29 is 19.4 Å². The van der Waals surface area contributed by atoms with Crippen LogP contribution in [0.25, 0.3) is 0 Å². The first-order valence-corrected chi connectivity index (χ1v) is 7.57. The Hall–Kier alpha value is -1.43. The molecule has 1 aromatic carbocycles. The Morgan fingerprint density at radius 1 is 1.27 bits per heavy atom. The van der Waals surface area contributed by atoms with Gasteiger partial charge >= 0.3 is 5.97 Å². The highest BCUT2D eigenvalue weighted by atomic mass is 16.5. The number of aliphatic carboxylic acids is 1. The summed E-state index contributed by atoms with van der Waals surface area (Å²) >= 11 is 0. The van der Waals surface area contributed by atoms with Crippen molar-refractivity contribution in [2.45, 2.75) is 19.4 Å². The van der Waals surface area contributed by atoms with Gasteiger partial charge in [0.2, 0.25) is 0 Å². The maximum absolute atomic E-state index is 12.5. The minimum atomic E-state index is -1.14. The molecule has 1 atom stereocenters. The lowest BCUT2D eigenvalue weighted by Crippen LogP contribution is -2.64. The molecule has 0 aromatic heterocycles. The summed E-state index contributed by atoms with van der Waals surface area (Å²) < 4.78 is 10.8. The maximum Gasteiger partial charge on any atom is 0.329 e. The minimum absolute atomic E-state index is 0.353. The van der Waals surface area contributed by atoms with E-state index in [0.29, 0.717) is 32.9 Å². The first-order chi connectivity index (χ1) is 10.5. The number of carboxylic acid groups (broad SMARTS) is 1. The number of carboxylic acids is 1. The molecule has 0 bridgehead atoms. The van der Waals surface area contributed by atoms with Crippen molar-refractivity contribution in [3.8, 4) is 0 Å². The third-order valence-corrected chi connectivity index (χ3v) is 4.47. The second kappa shape index (κ2) is 6.77. The molecule has 1 N–H and O–H groups in total. The molecule has 1 heterocycles. The minimum Gasteiger partial charge on any atom is -0.480 e. The molecule has 1 fully saturated rings. The Morgan fingerprint density at radius 2 is 1.86 bits per heavy atom. The predicted octanol–water partition coefficient (Wildman–Crippen LogP) is 1.97. The summed E-state index contributed by atoms with van der Waals surface area (Å²) in [6, 6.07) is 9.45. The molecule has 1 aliphatic rings. The molecule has 122 valence electrons. The number of carbonyl (C=O) groups is 1. The number of morpholine rings is 1. The number of hydrogen-bond acceptors (Lipinski definition) is 4. The van der Waals surface area contributed by atoms with Gasteiger partial charge in [-0.05, 0) is 5.56 Å². The molecular formula is C17H25NO4. The van der Waals surface area contributed by atoms with Gasteiger partial charge in [0.15, 0.2) is 5.54 Å². The van der Waals surface area contributed by atoms with E-state index in [0.717, 1.165) is 5.56 Å². The largest absolute Gasteiger partial charge is 0.480 e. The van der Waals surface area contributed by atoms with Crippen LogP contribution in [0.3, 0.4) is 0 Å². The summed E-state index contributed by atoms with van der Waals surface area (Å²) in [4.78, 5) is 14.5. The van der Waals surface area contributed by atoms with E-state index in [1.165, 1.54) is 0 Å². The molecule has 5 nitrogen and oxygen atoms in total. The van der Waals surface area contributed by atoms with Crippen LogP contribution >= 0.6 is 0 Å². The van der Waals surface area contributed by atoms with E-state index in [1.54, 1.807) is 7.11 Å². The molecule has 22 heavy (non-hydrogen) atoms. The van der Waals surface area contributed by atoms with Crippen molar-refractivity contribution in [3.05, 3.63) is 35.9 Å². The van der Waals surface area contributed by atoms with E-state index in [4.69, 9.17) is 9.47 Å². The molecule has 1 unspecified atom stereocenters. The van der Waals surface area contributed by atoms with Gasteiger partial charge in [-0.15, -0.1) is 0 Å². The fourth-order valence-electron chi connectivity index (χ4n) is 3.59. The Bertz CT molecular complexity index is 497. The third kappa shape index (κ3) is 2.76. The first kappa shape index (κ1) is 16.9. The zero-order chi connectivity index (χ0) is 16.2. The summed E-state index contributed by atoms with van der Waals surface area (Å²) in [6.07, 6.45) is 0. The van der Waals surface area contributed by atoms with Crippen LogP contribution in [0, 0.1) is 5.41 Å². The second-order valence-corrected chi connectivity index (χ2v) is 6.30. The van der Waals surface area contributed by atoms with Crippen LogP contribution in [-0.2, 0) is 19.8 Å². The van der Waals surface area contributed by atoms with E-state index in [1.807, 2.05) is 49.1 Å². The fourth-order valence-corrected chi connectivity index (χ4v) is 3.59. The second-order valence-electron chi connectivity index (χ2n) is 6.30. The van der Waals surface area contributed by atoms with Gasteiger partial charge in [0.1, 0.15) is 0 Å². The molecule has 0 aliphatic carbocycles.